The number of methoxy groups -OCH3 is 2. The van der Waals surface area contributed by atoms with Crippen molar-refractivity contribution in [3.63, 3.8) is 0 Å². The molecule has 1 heterocycles. The van der Waals surface area contributed by atoms with Crippen molar-refractivity contribution >= 4 is 17.2 Å². The van der Waals surface area contributed by atoms with Crippen molar-refractivity contribution in [3.8, 4) is 22.8 Å². The van der Waals surface area contributed by atoms with Crippen molar-refractivity contribution in [2.75, 3.05) is 14.2 Å². The van der Waals surface area contributed by atoms with E-state index in [2.05, 4.69) is 5.32 Å². The van der Waals surface area contributed by atoms with Crippen LogP contribution in [-0.4, -0.2) is 25.1 Å². The Kier molecular flexibility index (Phi) is 5.53. The molecule has 29 heavy (non-hydrogen) atoms. The summed E-state index contributed by atoms with van der Waals surface area (Å²) in [6, 6.07) is 15.1. The lowest BCUT2D eigenvalue weighted by Gasteiger charge is -2.28. The number of benzene rings is 2. The van der Waals surface area contributed by atoms with Gasteiger partial charge in [-0.25, -0.2) is 4.98 Å². The molecule has 0 saturated heterocycles. The molecule has 1 saturated carbocycles. The highest BCUT2D eigenvalue weighted by atomic mass is 32.1. The SMILES string of the molecule is COc1ccc(-c2csc(C3(NC(=O)c4ccccc4)CCCC3)n2)c(OC)c1. The van der Waals surface area contributed by atoms with Crippen molar-refractivity contribution in [1.82, 2.24) is 10.3 Å². The maximum Gasteiger partial charge on any atom is 0.252 e. The number of hydrogen-bond acceptors (Lipinski definition) is 5. The number of carbonyl (C=O) groups is 1. The molecular formula is C23H24N2O3S. The van der Waals surface area contributed by atoms with Gasteiger partial charge in [-0.15, -0.1) is 11.3 Å². The van der Waals surface area contributed by atoms with Crippen LogP contribution in [0.2, 0.25) is 0 Å². The molecule has 1 aliphatic rings. The van der Waals surface area contributed by atoms with E-state index in [4.69, 9.17) is 14.5 Å². The zero-order chi connectivity index (χ0) is 20.3. The fraction of sp³-hybridized carbons (Fsp3) is 0.304. The Balaban J connectivity index is 1.65. The van der Waals surface area contributed by atoms with Crippen LogP contribution >= 0.6 is 11.3 Å². The van der Waals surface area contributed by atoms with Gasteiger partial charge >= 0.3 is 0 Å². The Hall–Kier alpha value is -2.86. The molecule has 0 bridgehead atoms. The number of hydrogen-bond donors (Lipinski definition) is 1. The summed E-state index contributed by atoms with van der Waals surface area (Å²) in [6.07, 6.45) is 3.96. The summed E-state index contributed by atoms with van der Waals surface area (Å²) >= 11 is 1.59. The molecule has 1 aromatic heterocycles. The molecule has 0 atom stereocenters. The molecule has 1 fully saturated rings. The van der Waals surface area contributed by atoms with Gasteiger partial charge in [0.1, 0.15) is 16.5 Å². The topological polar surface area (TPSA) is 60.5 Å². The lowest BCUT2D eigenvalue weighted by Crippen LogP contribution is -2.43. The molecule has 150 valence electrons. The minimum absolute atomic E-state index is 0.0497. The number of nitrogens with zero attached hydrogens (tertiary/aromatic N) is 1. The number of nitrogens with one attached hydrogen (secondary N) is 1. The Labute approximate surface area is 174 Å². The van der Waals surface area contributed by atoms with Crippen molar-refractivity contribution in [1.29, 1.82) is 0 Å². The summed E-state index contributed by atoms with van der Waals surface area (Å²) < 4.78 is 10.8. The first-order valence-corrected chi connectivity index (χ1v) is 10.6. The largest absolute Gasteiger partial charge is 0.497 e. The van der Waals surface area contributed by atoms with Gasteiger partial charge < -0.3 is 14.8 Å². The van der Waals surface area contributed by atoms with Crippen molar-refractivity contribution in [2.45, 2.75) is 31.2 Å². The fourth-order valence-electron chi connectivity index (χ4n) is 3.88. The summed E-state index contributed by atoms with van der Waals surface area (Å²) in [5, 5.41) is 6.28. The molecule has 6 heteroatoms. The second kappa shape index (κ2) is 8.25. The smallest absolute Gasteiger partial charge is 0.252 e. The van der Waals surface area contributed by atoms with Crippen LogP contribution in [-0.2, 0) is 5.54 Å². The van der Waals surface area contributed by atoms with Gasteiger partial charge in [0.2, 0.25) is 0 Å². The van der Waals surface area contributed by atoms with Gasteiger partial charge in [-0.1, -0.05) is 31.0 Å². The van der Waals surface area contributed by atoms with Crippen LogP contribution in [0.1, 0.15) is 41.0 Å². The van der Waals surface area contributed by atoms with Gasteiger partial charge in [0.05, 0.1) is 25.5 Å². The van der Waals surface area contributed by atoms with Gasteiger partial charge in [0.15, 0.2) is 0 Å². The Morgan fingerprint density at radius 1 is 1.07 bits per heavy atom. The highest BCUT2D eigenvalue weighted by molar-refractivity contribution is 7.10. The van der Waals surface area contributed by atoms with Crippen LogP contribution < -0.4 is 14.8 Å². The van der Waals surface area contributed by atoms with Gasteiger partial charge in [0.25, 0.3) is 5.91 Å². The Morgan fingerprint density at radius 2 is 1.83 bits per heavy atom. The standard InChI is InChI=1S/C23H24N2O3S/c1-27-17-10-11-18(20(14-17)28-2)19-15-29-22(24-19)23(12-6-7-13-23)25-21(26)16-8-4-3-5-9-16/h3-5,8-11,14-15H,6-7,12-13H2,1-2H3,(H,25,26). The highest BCUT2D eigenvalue weighted by Crippen LogP contribution is 2.42. The van der Waals surface area contributed by atoms with E-state index >= 15 is 0 Å². The minimum atomic E-state index is -0.407. The average Bonchev–Trinajstić information content (AvgIpc) is 3.44. The first-order valence-electron chi connectivity index (χ1n) is 9.71. The zero-order valence-corrected chi connectivity index (χ0v) is 17.4. The Morgan fingerprint density at radius 3 is 2.52 bits per heavy atom. The maximum absolute atomic E-state index is 12.9. The summed E-state index contributed by atoms with van der Waals surface area (Å²) in [6.45, 7) is 0. The van der Waals surface area contributed by atoms with Crippen molar-refractivity contribution in [3.05, 3.63) is 64.5 Å². The first kappa shape index (κ1) is 19.5. The Bertz CT molecular complexity index is 994. The number of aromatic nitrogens is 1. The normalized spacial score (nSPS) is 15.1. The molecule has 0 radical (unpaired) electrons. The van der Waals surface area contributed by atoms with E-state index in [0.29, 0.717) is 5.56 Å². The average molecular weight is 409 g/mol. The highest BCUT2D eigenvalue weighted by Gasteiger charge is 2.40. The molecule has 0 spiro atoms. The van der Waals surface area contributed by atoms with E-state index in [0.717, 1.165) is 53.4 Å². The van der Waals surface area contributed by atoms with E-state index in [9.17, 15) is 4.79 Å². The van der Waals surface area contributed by atoms with Crippen LogP contribution in [0.25, 0.3) is 11.3 Å². The lowest BCUT2D eigenvalue weighted by atomic mass is 9.97. The van der Waals surface area contributed by atoms with Crippen molar-refractivity contribution < 1.29 is 14.3 Å². The summed E-state index contributed by atoms with van der Waals surface area (Å²) in [5.74, 6) is 1.41. The summed E-state index contributed by atoms with van der Waals surface area (Å²) in [7, 11) is 3.28. The third-order valence-corrected chi connectivity index (χ3v) is 6.49. The van der Waals surface area contributed by atoms with E-state index < -0.39 is 5.54 Å². The maximum atomic E-state index is 12.9. The fourth-order valence-corrected chi connectivity index (χ4v) is 4.91. The molecule has 2 aromatic carbocycles. The van der Waals surface area contributed by atoms with Crippen LogP contribution in [0.15, 0.2) is 53.9 Å². The van der Waals surface area contributed by atoms with Crippen LogP contribution in [0.4, 0.5) is 0 Å². The lowest BCUT2D eigenvalue weighted by molar-refractivity contribution is 0.0898. The van der Waals surface area contributed by atoms with Crippen molar-refractivity contribution in [2.24, 2.45) is 0 Å². The molecule has 1 N–H and O–H groups in total. The van der Waals surface area contributed by atoms with E-state index in [-0.39, 0.29) is 5.91 Å². The molecular weight excluding hydrogens is 384 g/mol. The minimum Gasteiger partial charge on any atom is -0.497 e. The van der Waals surface area contributed by atoms with Gasteiger partial charge in [0, 0.05) is 22.6 Å². The number of amides is 1. The number of rotatable bonds is 6. The zero-order valence-electron chi connectivity index (χ0n) is 16.6. The summed E-state index contributed by atoms with van der Waals surface area (Å²) in [5.41, 5.74) is 2.03. The van der Waals surface area contributed by atoms with Crippen LogP contribution in [0.5, 0.6) is 11.5 Å². The molecule has 0 unspecified atom stereocenters. The van der Waals surface area contributed by atoms with Crippen LogP contribution in [0.3, 0.4) is 0 Å². The molecule has 3 aromatic rings. The molecule has 1 aliphatic carbocycles. The predicted octanol–water partition coefficient (Wildman–Crippen LogP) is 5.03. The predicted molar refractivity (Wildman–Crippen MR) is 115 cm³/mol. The third-order valence-electron chi connectivity index (χ3n) is 5.44. The van der Waals surface area contributed by atoms with Gasteiger partial charge in [-0.2, -0.15) is 0 Å². The number of carbonyl (C=O) groups excluding carboxylic acids is 1. The van der Waals surface area contributed by atoms with Gasteiger partial charge in [-0.05, 0) is 37.1 Å². The van der Waals surface area contributed by atoms with E-state index in [1.807, 2.05) is 53.9 Å². The molecule has 1 amide bonds. The molecule has 0 aliphatic heterocycles. The van der Waals surface area contributed by atoms with E-state index in [1.165, 1.54) is 0 Å². The number of ether oxygens (including phenoxy) is 2. The third kappa shape index (κ3) is 3.85. The van der Waals surface area contributed by atoms with E-state index in [1.54, 1.807) is 25.6 Å². The molecule has 4 rings (SSSR count). The summed E-state index contributed by atoms with van der Waals surface area (Å²) in [4.78, 5) is 17.8. The second-order valence-electron chi connectivity index (χ2n) is 7.21. The second-order valence-corrected chi connectivity index (χ2v) is 8.07. The quantitative estimate of drug-likeness (QED) is 0.622. The number of thiazole rings is 1. The first-order chi connectivity index (χ1) is 14.1. The van der Waals surface area contributed by atoms with Gasteiger partial charge in [-0.3, -0.25) is 4.79 Å². The van der Waals surface area contributed by atoms with Crippen LogP contribution in [0, 0.1) is 0 Å². The monoisotopic (exact) mass is 408 g/mol. The molecule has 5 nitrogen and oxygen atoms in total.